The molecule has 1 fully saturated rings. The van der Waals surface area contributed by atoms with Gasteiger partial charge in [-0.15, -0.1) is 0 Å². The summed E-state index contributed by atoms with van der Waals surface area (Å²) in [6.07, 6.45) is 11.5. The van der Waals surface area contributed by atoms with E-state index in [1.54, 1.807) is 0 Å². The van der Waals surface area contributed by atoms with E-state index < -0.39 is 0 Å². The average molecular weight is 547 g/mol. The highest BCUT2D eigenvalue weighted by atomic mass is 15.1. The van der Waals surface area contributed by atoms with E-state index in [-0.39, 0.29) is 5.54 Å². The van der Waals surface area contributed by atoms with Crippen LogP contribution < -0.4 is 10.2 Å². The molecule has 5 aromatic carbocycles. The van der Waals surface area contributed by atoms with E-state index in [0.717, 1.165) is 24.4 Å². The molecule has 0 unspecified atom stereocenters. The van der Waals surface area contributed by atoms with E-state index in [0.29, 0.717) is 0 Å². The van der Waals surface area contributed by atoms with Gasteiger partial charge >= 0.3 is 0 Å². The summed E-state index contributed by atoms with van der Waals surface area (Å²) in [6.45, 7) is 9.19. The molecule has 0 aromatic heterocycles. The van der Waals surface area contributed by atoms with Crippen molar-refractivity contribution in [3.63, 3.8) is 0 Å². The summed E-state index contributed by atoms with van der Waals surface area (Å²) in [5, 5.41) is 8.88. The van der Waals surface area contributed by atoms with Gasteiger partial charge in [-0.3, -0.25) is 0 Å². The molecular formula is C40H38N2. The lowest BCUT2D eigenvalue weighted by Gasteiger charge is -2.42. The molecule has 1 saturated carbocycles. The van der Waals surface area contributed by atoms with Crippen LogP contribution in [0.15, 0.2) is 128 Å². The number of rotatable bonds is 7. The van der Waals surface area contributed by atoms with Crippen LogP contribution in [0.25, 0.3) is 32.8 Å². The van der Waals surface area contributed by atoms with Gasteiger partial charge in [0.1, 0.15) is 0 Å². The van der Waals surface area contributed by atoms with Crippen LogP contribution in [0.5, 0.6) is 0 Å². The van der Waals surface area contributed by atoms with Gasteiger partial charge in [0.05, 0.1) is 16.9 Å². The number of benzene rings is 5. The Kier molecular flexibility index (Phi) is 6.70. The van der Waals surface area contributed by atoms with E-state index in [2.05, 4.69) is 152 Å². The van der Waals surface area contributed by atoms with Gasteiger partial charge in [-0.1, -0.05) is 111 Å². The molecule has 2 nitrogen and oxygen atoms in total. The maximum atomic E-state index is 4.66. The quantitative estimate of drug-likeness (QED) is 0.218. The second-order valence-electron chi connectivity index (χ2n) is 11.8. The van der Waals surface area contributed by atoms with Crippen LogP contribution in [0.1, 0.15) is 50.7 Å². The normalized spacial score (nSPS) is 17.1. The van der Waals surface area contributed by atoms with Crippen LogP contribution >= 0.6 is 0 Å². The van der Waals surface area contributed by atoms with Gasteiger partial charge < -0.3 is 10.2 Å². The number of anilines is 3. The van der Waals surface area contributed by atoms with Crippen molar-refractivity contribution in [3.8, 4) is 0 Å². The topological polar surface area (TPSA) is 15.3 Å². The summed E-state index contributed by atoms with van der Waals surface area (Å²) >= 11 is 0. The average Bonchev–Trinajstić information content (AvgIpc) is 3.87. The van der Waals surface area contributed by atoms with Crippen LogP contribution in [0.3, 0.4) is 0 Å². The maximum Gasteiger partial charge on any atom is 0.0620 e. The number of hydrogen-bond acceptors (Lipinski definition) is 2. The van der Waals surface area contributed by atoms with Crippen molar-refractivity contribution >= 4 is 49.9 Å². The van der Waals surface area contributed by atoms with Crippen LogP contribution in [0.2, 0.25) is 0 Å². The van der Waals surface area contributed by atoms with E-state index in [1.165, 1.54) is 68.2 Å². The van der Waals surface area contributed by atoms with E-state index in [9.17, 15) is 0 Å². The SMILES string of the molecule is C=C1c2ccc(N(c3cccc4ccccc34)c3cccc4ccccc34)cc2/C(=C/C=C\C2CC2)NC1(CC)CC. The lowest BCUT2D eigenvalue weighted by atomic mass is 9.76. The Balaban J connectivity index is 1.47. The fourth-order valence-electron chi connectivity index (χ4n) is 6.61. The molecule has 42 heavy (non-hydrogen) atoms. The third kappa shape index (κ3) is 4.52. The summed E-state index contributed by atoms with van der Waals surface area (Å²) < 4.78 is 0. The van der Waals surface area contributed by atoms with Crippen LogP contribution in [-0.2, 0) is 0 Å². The fourth-order valence-corrected chi connectivity index (χ4v) is 6.61. The molecule has 0 spiro atoms. The monoisotopic (exact) mass is 546 g/mol. The van der Waals surface area contributed by atoms with Crippen molar-refractivity contribution < 1.29 is 0 Å². The van der Waals surface area contributed by atoms with Gasteiger partial charge in [-0.05, 0) is 83.9 Å². The molecule has 1 N–H and O–H groups in total. The number of allylic oxidation sites excluding steroid dienone is 3. The highest BCUT2D eigenvalue weighted by molar-refractivity contribution is 6.05. The highest BCUT2D eigenvalue weighted by Crippen LogP contribution is 2.46. The number of hydrogen-bond donors (Lipinski definition) is 1. The third-order valence-corrected chi connectivity index (χ3v) is 9.32. The molecule has 7 rings (SSSR count). The Morgan fingerprint density at radius 2 is 1.36 bits per heavy atom. The Hall–Kier alpha value is -4.56. The van der Waals surface area contributed by atoms with E-state index in [1.807, 2.05) is 0 Å². The molecule has 0 radical (unpaired) electrons. The predicted molar refractivity (Wildman–Crippen MR) is 181 cm³/mol. The smallest absolute Gasteiger partial charge is 0.0620 e. The Morgan fingerprint density at radius 1 is 0.762 bits per heavy atom. The zero-order valence-electron chi connectivity index (χ0n) is 24.6. The van der Waals surface area contributed by atoms with Crippen molar-refractivity contribution in [1.82, 2.24) is 5.32 Å². The van der Waals surface area contributed by atoms with Crippen molar-refractivity contribution in [3.05, 3.63) is 139 Å². The minimum atomic E-state index is -0.140. The second-order valence-corrected chi connectivity index (χ2v) is 11.8. The van der Waals surface area contributed by atoms with Crippen molar-refractivity contribution in [2.45, 2.75) is 45.1 Å². The number of nitrogens with one attached hydrogen (secondary N) is 1. The van der Waals surface area contributed by atoms with Gasteiger partial charge in [-0.25, -0.2) is 0 Å². The molecular weight excluding hydrogens is 508 g/mol. The minimum Gasteiger partial charge on any atom is -0.375 e. The summed E-state index contributed by atoms with van der Waals surface area (Å²) in [5.41, 5.74) is 8.14. The molecule has 0 bridgehead atoms. The van der Waals surface area contributed by atoms with Crippen molar-refractivity contribution in [2.75, 3.05) is 4.90 Å². The Labute approximate surface area is 249 Å². The fraction of sp³-hybridized carbons (Fsp3) is 0.200. The lowest BCUT2D eigenvalue weighted by molar-refractivity contribution is 0.444. The molecule has 0 atom stereocenters. The minimum absolute atomic E-state index is 0.140. The van der Waals surface area contributed by atoms with Crippen LogP contribution in [0, 0.1) is 5.92 Å². The zero-order valence-corrected chi connectivity index (χ0v) is 24.6. The summed E-state index contributed by atoms with van der Waals surface area (Å²) in [6, 6.07) is 37.5. The lowest BCUT2D eigenvalue weighted by Crippen LogP contribution is -2.46. The molecule has 1 aliphatic carbocycles. The van der Waals surface area contributed by atoms with Gasteiger partial charge in [0.25, 0.3) is 0 Å². The molecule has 5 aromatic rings. The van der Waals surface area contributed by atoms with E-state index in [4.69, 9.17) is 0 Å². The standard InChI is InChI=1S/C40H38N2/c1-4-40(5-2)28(3)33-26-25-32(27-36(33)37(41-40)20-10-13-29-23-24-29)42(38-21-11-16-30-14-6-8-18-34(30)38)39-22-12-17-31-15-7-9-19-35(31)39/h6-22,25-27,29,41H,3-5,23-24H2,1-2H3/b13-10-,37-20-. The first kappa shape index (κ1) is 26.3. The molecule has 0 amide bonds. The van der Waals surface area contributed by atoms with Gasteiger partial charge in [0.2, 0.25) is 0 Å². The van der Waals surface area contributed by atoms with Crippen LogP contribution in [-0.4, -0.2) is 5.54 Å². The van der Waals surface area contributed by atoms with Crippen molar-refractivity contribution in [2.24, 2.45) is 5.92 Å². The largest absolute Gasteiger partial charge is 0.375 e. The highest BCUT2D eigenvalue weighted by Gasteiger charge is 2.37. The summed E-state index contributed by atoms with van der Waals surface area (Å²) in [7, 11) is 0. The summed E-state index contributed by atoms with van der Waals surface area (Å²) in [5.74, 6) is 0.738. The second kappa shape index (κ2) is 10.7. The molecule has 0 saturated heterocycles. The van der Waals surface area contributed by atoms with Gasteiger partial charge in [0, 0.05) is 27.7 Å². The number of fused-ring (bicyclic) bond motifs is 3. The van der Waals surface area contributed by atoms with E-state index >= 15 is 0 Å². The predicted octanol–water partition coefficient (Wildman–Crippen LogP) is 10.9. The van der Waals surface area contributed by atoms with Crippen LogP contribution in [0.4, 0.5) is 17.1 Å². The zero-order chi connectivity index (χ0) is 28.7. The number of nitrogens with zero attached hydrogens (tertiary/aromatic N) is 1. The van der Waals surface area contributed by atoms with Gasteiger partial charge in [0.15, 0.2) is 0 Å². The molecule has 208 valence electrons. The van der Waals surface area contributed by atoms with Crippen molar-refractivity contribution in [1.29, 1.82) is 0 Å². The van der Waals surface area contributed by atoms with Gasteiger partial charge in [-0.2, -0.15) is 0 Å². The molecule has 1 heterocycles. The first-order valence-corrected chi connectivity index (χ1v) is 15.4. The first-order chi connectivity index (χ1) is 20.6. The Morgan fingerprint density at radius 3 is 1.95 bits per heavy atom. The molecule has 2 heteroatoms. The Bertz CT molecular complexity index is 1780. The third-order valence-electron chi connectivity index (χ3n) is 9.32. The molecule has 2 aliphatic rings. The first-order valence-electron chi connectivity index (χ1n) is 15.4. The maximum absolute atomic E-state index is 4.66. The molecule has 1 aliphatic heterocycles. The summed E-state index contributed by atoms with van der Waals surface area (Å²) in [4.78, 5) is 2.44.